The zero-order valence-electron chi connectivity index (χ0n) is 15.9. The molecular weight excluding hydrogens is 348 g/mol. The predicted octanol–water partition coefficient (Wildman–Crippen LogP) is 5.21. The minimum atomic E-state index is -0.151. The highest BCUT2D eigenvalue weighted by Gasteiger charge is 2.09. The zero-order valence-corrected chi connectivity index (χ0v) is 15.9. The van der Waals surface area contributed by atoms with E-state index in [-0.39, 0.29) is 11.8 Å². The maximum atomic E-state index is 12.3. The number of aryl methyl sites for hydroxylation is 2. The highest BCUT2D eigenvalue weighted by molar-refractivity contribution is 6.04. The first kappa shape index (κ1) is 19.4. The van der Waals surface area contributed by atoms with Gasteiger partial charge in [-0.3, -0.25) is 9.59 Å². The molecule has 0 heterocycles. The first-order valence-corrected chi connectivity index (χ1v) is 9.42. The van der Waals surface area contributed by atoms with Crippen LogP contribution in [-0.2, 0) is 11.2 Å². The lowest BCUT2D eigenvalue weighted by Crippen LogP contribution is -2.14. The van der Waals surface area contributed by atoms with E-state index < -0.39 is 0 Å². The fourth-order valence-electron chi connectivity index (χ4n) is 2.99. The second-order valence-corrected chi connectivity index (χ2v) is 6.74. The standard InChI is InChI=1S/C24H24N2O2/c1-18-17-21(25-23(27)14-8-11-19-9-4-2-5-10-19)15-16-22(18)26-24(28)20-12-6-3-7-13-20/h2-7,9-10,12-13,15-17H,8,11,14H2,1H3,(H,25,27)(H,26,28). The lowest BCUT2D eigenvalue weighted by atomic mass is 10.1. The molecule has 0 aliphatic carbocycles. The highest BCUT2D eigenvalue weighted by atomic mass is 16.2. The summed E-state index contributed by atoms with van der Waals surface area (Å²) < 4.78 is 0. The average molecular weight is 372 g/mol. The van der Waals surface area contributed by atoms with Gasteiger partial charge in [0.05, 0.1) is 0 Å². The van der Waals surface area contributed by atoms with Gasteiger partial charge >= 0.3 is 0 Å². The monoisotopic (exact) mass is 372 g/mol. The van der Waals surface area contributed by atoms with E-state index in [0.717, 1.165) is 29.8 Å². The molecule has 0 atom stereocenters. The molecule has 4 heteroatoms. The molecule has 0 bridgehead atoms. The summed E-state index contributed by atoms with van der Waals surface area (Å²) in [4.78, 5) is 24.5. The molecule has 0 aliphatic heterocycles. The molecule has 3 aromatic rings. The number of hydrogen-bond donors (Lipinski definition) is 2. The molecule has 142 valence electrons. The number of carbonyl (C=O) groups excluding carboxylic acids is 2. The molecule has 0 radical (unpaired) electrons. The third-order valence-electron chi connectivity index (χ3n) is 4.51. The Morgan fingerprint density at radius 3 is 2.18 bits per heavy atom. The number of anilines is 2. The van der Waals surface area contributed by atoms with E-state index in [4.69, 9.17) is 0 Å². The van der Waals surface area contributed by atoms with Gasteiger partial charge in [0.15, 0.2) is 0 Å². The van der Waals surface area contributed by atoms with Crippen LogP contribution in [0.2, 0.25) is 0 Å². The maximum absolute atomic E-state index is 12.3. The second kappa shape index (κ2) is 9.51. The molecule has 0 saturated carbocycles. The van der Waals surface area contributed by atoms with Gasteiger partial charge in [-0.05, 0) is 61.2 Å². The van der Waals surface area contributed by atoms with Crippen LogP contribution in [0.3, 0.4) is 0 Å². The summed E-state index contributed by atoms with van der Waals surface area (Å²) in [7, 11) is 0. The van der Waals surface area contributed by atoms with Gasteiger partial charge in [-0.25, -0.2) is 0 Å². The van der Waals surface area contributed by atoms with Crippen molar-refractivity contribution >= 4 is 23.2 Å². The van der Waals surface area contributed by atoms with Crippen LogP contribution in [0.5, 0.6) is 0 Å². The molecule has 0 unspecified atom stereocenters. The smallest absolute Gasteiger partial charge is 0.255 e. The highest BCUT2D eigenvalue weighted by Crippen LogP contribution is 2.21. The number of rotatable bonds is 7. The summed E-state index contributed by atoms with van der Waals surface area (Å²) in [6, 6.07) is 24.7. The molecule has 28 heavy (non-hydrogen) atoms. The second-order valence-electron chi connectivity index (χ2n) is 6.74. The molecule has 0 aliphatic rings. The summed E-state index contributed by atoms with van der Waals surface area (Å²) >= 11 is 0. The van der Waals surface area contributed by atoms with E-state index in [2.05, 4.69) is 22.8 Å². The van der Waals surface area contributed by atoms with Crippen LogP contribution in [0.25, 0.3) is 0 Å². The van der Waals surface area contributed by atoms with Crippen molar-refractivity contribution in [1.29, 1.82) is 0 Å². The van der Waals surface area contributed by atoms with Crippen molar-refractivity contribution in [1.82, 2.24) is 0 Å². The van der Waals surface area contributed by atoms with Crippen LogP contribution in [0.15, 0.2) is 78.9 Å². The molecule has 4 nitrogen and oxygen atoms in total. The predicted molar refractivity (Wildman–Crippen MR) is 114 cm³/mol. The van der Waals surface area contributed by atoms with Gasteiger partial charge < -0.3 is 10.6 Å². The zero-order chi connectivity index (χ0) is 19.8. The summed E-state index contributed by atoms with van der Waals surface area (Å²) in [5.41, 5.74) is 4.21. The summed E-state index contributed by atoms with van der Waals surface area (Å²) in [5, 5.41) is 5.84. The maximum Gasteiger partial charge on any atom is 0.255 e. The van der Waals surface area contributed by atoms with E-state index in [1.807, 2.05) is 61.5 Å². The van der Waals surface area contributed by atoms with Crippen molar-refractivity contribution in [2.45, 2.75) is 26.2 Å². The molecular formula is C24H24N2O2. The fraction of sp³-hybridized carbons (Fsp3) is 0.167. The Balaban J connectivity index is 1.52. The van der Waals surface area contributed by atoms with E-state index in [0.29, 0.717) is 12.0 Å². The van der Waals surface area contributed by atoms with Crippen molar-refractivity contribution in [2.24, 2.45) is 0 Å². The first-order valence-electron chi connectivity index (χ1n) is 9.42. The third-order valence-corrected chi connectivity index (χ3v) is 4.51. The average Bonchev–Trinajstić information content (AvgIpc) is 2.71. The molecule has 0 aromatic heterocycles. The van der Waals surface area contributed by atoms with E-state index in [1.54, 1.807) is 12.1 Å². The molecule has 3 aromatic carbocycles. The Bertz CT molecular complexity index is 937. The number of hydrogen-bond acceptors (Lipinski definition) is 2. The number of benzene rings is 3. The molecule has 0 fully saturated rings. The minimum Gasteiger partial charge on any atom is -0.326 e. The van der Waals surface area contributed by atoms with Crippen molar-refractivity contribution < 1.29 is 9.59 Å². The lowest BCUT2D eigenvalue weighted by Gasteiger charge is -2.11. The van der Waals surface area contributed by atoms with E-state index in [1.165, 1.54) is 5.56 Å². The minimum absolute atomic E-state index is 0.00333. The van der Waals surface area contributed by atoms with Gasteiger partial charge in [-0.1, -0.05) is 48.5 Å². The normalized spacial score (nSPS) is 10.3. The van der Waals surface area contributed by atoms with Crippen molar-refractivity contribution in [3.05, 3.63) is 95.6 Å². The molecule has 3 rings (SSSR count). The lowest BCUT2D eigenvalue weighted by molar-refractivity contribution is -0.116. The Morgan fingerprint density at radius 1 is 0.821 bits per heavy atom. The Labute approximate surface area is 165 Å². The number of nitrogens with one attached hydrogen (secondary N) is 2. The van der Waals surface area contributed by atoms with Gasteiger partial charge in [0, 0.05) is 23.4 Å². The number of amides is 2. The van der Waals surface area contributed by atoms with Crippen molar-refractivity contribution in [2.75, 3.05) is 10.6 Å². The largest absolute Gasteiger partial charge is 0.326 e. The fourth-order valence-corrected chi connectivity index (χ4v) is 2.99. The summed E-state index contributed by atoms with van der Waals surface area (Å²) in [6.45, 7) is 1.91. The van der Waals surface area contributed by atoms with Crippen LogP contribution in [0.4, 0.5) is 11.4 Å². The van der Waals surface area contributed by atoms with Crippen molar-refractivity contribution in [3.8, 4) is 0 Å². The molecule has 0 spiro atoms. The number of carbonyl (C=O) groups is 2. The van der Waals surface area contributed by atoms with Crippen LogP contribution in [-0.4, -0.2) is 11.8 Å². The Kier molecular flexibility index (Phi) is 6.58. The summed E-state index contributed by atoms with van der Waals surface area (Å²) in [5.74, 6) is -0.155. The molecule has 0 saturated heterocycles. The quantitative estimate of drug-likeness (QED) is 0.598. The Hall–Kier alpha value is -3.40. The Morgan fingerprint density at radius 2 is 1.50 bits per heavy atom. The summed E-state index contributed by atoms with van der Waals surface area (Å²) in [6.07, 6.45) is 2.16. The van der Waals surface area contributed by atoms with Crippen LogP contribution in [0, 0.1) is 6.92 Å². The van der Waals surface area contributed by atoms with Crippen molar-refractivity contribution in [3.63, 3.8) is 0 Å². The van der Waals surface area contributed by atoms with Gasteiger partial charge in [0.1, 0.15) is 0 Å². The van der Waals surface area contributed by atoms with Crippen LogP contribution < -0.4 is 10.6 Å². The van der Waals surface area contributed by atoms with Gasteiger partial charge in [0.25, 0.3) is 5.91 Å². The van der Waals surface area contributed by atoms with E-state index >= 15 is 0 Å². The van der Waals surface area contributed by atoms with E-state index in [9.17, 15) is 9.59 Å². The third kappa shape index (κ3) is 5.55. The molecule has 2 N–H and O–H groups in total. The van der Waals surface area contributed by atoms with Gasteiger partial charge in [0.2, 0.25) is 5.91 Å². The van der Waals surface area contributed by atoms with Crippen LogP contribution in [0.1, 0.15) is 34.3 Å². The topological polar surface area (TPSA) is 58.2 Å². The molecule has 2 amide bonds. The first-order chi connectivity index (χ1) is 13.6. The van der Waals surface area contributed by atoms with Gasteiger partial charge in [-0.2, -0.15) is 0 Å². The SMILES string of the molecule is Cc1cc(NC(=O)CCCc2ccccc2)ccc1NC(=O)c1ccccc1. The van der Waals surface area contributed by atoms with Gasteiger partial charge in [-0.15, -0.1) is 0 Å². The van der Waals surface area contributed by atoms with Crippen LogP contribution >= 0.6 is 0 Å².